The first-order valence-corrected chi connectivity index (χ1v) is 9.84. The molecule has 4 heterocycles. The summed E-state index contributed by atoms with van der Waals surface area (Å²) in [5, 5.41) is 1.62. The largest absolute Gasteiger partial charge is 0.404 e. The highest BCUT2D eigenvalue weighted by atomic mass is 32.2. The standard InChI is InChI=1S/C17H15F3N4O2S/c18-17(19,20)10-27(25,26)24-7-1-2-11(9-24)12-3-5-21-14-8-23-16-13(15(12)14)4-6-22-16/h3-6,8-9,21H,1-2,7,10H2. The number of nitrogens with zero attached hydrogens (tertiary/aromatic N) is 3. The Hall–Kier alpha value is -2.62. The maximum atomic E-state index is 12.6. The molecule has 1 N–H and O–H groups in total. The summed E-state index contributed by atoms with van der Waals surface area (Å²) in [6, 6.07) is 3.60. The molecule has 0 atom stereocenters. The number of alkyl halides is 3. The number of hydrogen-bond acceptors (Lipinski definition) is 4. The van der Waals surface area contributed by atoms with Crippen LogP contribution in [0.3, 0.4) is 0 Å². The molecule has 0 saturated heterocycles. The van der Waals surface area contributed by atoms with E-state index in [1.165, 1.54) is 6.20 Å². The lowest BCUT2D eigenvalue weighted by Gasteiger charge is -2.27. The van der Waals surface area contributed by atoms with Crippen LogP contribution in [-0.4, -0.2) is 46.1 Å². The van der Waals surface area contributed by atoms with Crippen LogP contribution < -0.4 is 0 Å². The van der Waals surface area contributed by atoms with E-state index in [1.54, 1.807) is 24.7 Å². The van der Waals surface area contributed by atoms with E-state index < -0.39 is 22.0 Å². The van der Waals surface area contributed by atoms with E-state index in [2.05, 4.69) is 15.0 Å². The van der Waals surface area contributed by atoms with Crippen molar-refractivity contribution in [3.05, 3.63) is 42.5 Å². The number of aromatic nitrogens is 3. The molecule has 3 aromatic rings. The van der Waals surface area contributed by atoms with Crippen LogP contribution in [0, 0.1) is 0 Å². The lowest BCUT2D eigenvalue weighted by Crippen LogP contribution is -2.36. The molecule has 1 aliphatic rings. The number of aromatic amines is 1. The van der Waals surface area contributed by atoms with Gasteiger partial charge in [-0.2, -0.15) is 13.2 Å². The second kappa shape index (κ2) is 6.22. The van der Waals surface area contributed by atoms with E-state index in [-0.39, 0.29) is 6.54 Å². The van der Waals surface area contributed by atoms with E-state index in [4.69, 9.17) is 0 Å². The van der Waals surface area contributed by atoms with Crippen LogP contribution in [0.2, 0.25) is 0 Å². The smallest absolute Gasteiger partial charge is 0.360 e. The van der Waals surface area contributed by atoms with Crippen molar-refractivity contribution in [3.8, 4) is 0 Å². The molecule has 0 saturated carbocycles. The number of hydrogen-bond donors (Lipinski definition) is 1. The van der Waals surface area contributed by atoms with Gasteiger partial charge in [0.25, 0.3) is 0 Å². The number of sulfonamides is 1. The molecular formula is C17H15F3N4O2S. The molecule has 142 valence electrons. The number of fused-ring (bicyclic) bond motifs is 3. The summed E-state index contributed by atoms with van der Waals surface area (Å²) in [6.07, 6.45) is 2.51. The first kappa shape index (κ1) is 17.8. The van der Waals surface area contributed by atoms with Crippen molar-refractivity contribution >= 4 is 37.5 Å². The average molecular weight is 396 g/mol. The second-order valence-corrected chi connectivity index (χ2v) is 8.28. The summed E-state index contributed by atoms with van der Waals surface area (Å²) >= 11 is 0. The molecule has 0 bridgehead atoms. The summed E-state index contributed by atoms with van der Waals surface area (Å²) in [7, 11) is -4.47. The van der Waals surface area contributed by atoms with Gasteiger partial charge in [0, 0.05) is 35.9 Å². The van der Waals surface area contributed by atoms with Crippen LogP contribution in [0.4, 0.5) is 13.2 Å². The fourth-order valence-corrected chi connectivity index (χ4v) is 4.64. The molecule has 1 aliphatic heterocycles. The average Bonchev–Trinajstić information content (AvgIpc) is 3.08. The van der Waals surface area contributed by atoms with Crippen molar-refractivity contribution in [2.24, 2.45) is 0 Å². The van der Waals surface area contributed by atoms with E-state index in [0.717, 1.165) is 26.2 Å². The molecule has 10 heteroatoms. The number of H-pyrrole nitrogens is 1. The lowest BCUT2D eigenvalue weighted by molar-refractivity contribution is -0.106. The monoisotopic (exact) mass is 396 g/mol. The van der Waals surface area contributed by atoms with Crippen molar-refractivity contribution in [3.63, 3.8) is 0 Å². The van der Waals surface area contributed by atoms with Gasteiger partial charge in [-0.1, -0.05) is 0 Å². The molecule has 0 aromatic carbocycles. The van der Waals surface area contributed by atoms with Gasteiger partial charge in [-0.15, -0.1) is 0 Å². The first-order valence-electron chi connectivity index (χ1n) is 8.23. The molecular weight excluding hydrogens is 381 g/mol. The second-order valence-electron chi connectivity index (χ2n) is 6.36. The maximum absolute atomic E-state index is 12.6. The minimum atomic E-state index is -4.78. The Labute approximate surface area is 152 Å². The summed E-state index contributed by atoms with van der Waals surface area (Å²) in [4.78, 5) is 11.5. The highest BCUT2D eigenvalue weighted by molar-refractivity contribution is 7.89. The molecule has 6 nitrogen and oxygen atoms in total. The SMILES string of the molecule is O=S(=O)(CC(F)(F)F)N1C=C(c2cc[nH]c3cnc4nccc4c23)CCC1. The molecule has 0 aliphatic carbocycles. The molecule has 0 spiro atoms. The lowest BCUT2D eigenvalue weighted by atomic mass is 9.96. The molecule has 0 amide bonds. The van der Waals surface area contributed by atoms with E-state index in [9.17, 15) is 21.6 Å². The molecule has 27 heavy (non-hydrogen) atoms. The maximum Gasteiger partial charge on any atom is 0.404 e. The zero-order chi connectivity index (χ0) is 19.2. The van der Waals surface area contributed by atoms with Gasteiger partial charge in [-0.25, -0.2) is 18.4 Å². The van der Waals surface area contributed by atoms with E-state index >= 15 is 0 Å². The van der Waals surface area contributed by atoms with Gasteiger partial charge in [0.05, 0.1) is 11.7 Å². The van der Waals surface area contributed by atoms with Crippen LogP contribution in [0.1, 0.15) is 18.4 Å². The molecule has 0 radical (unpaired) electrons. The highest BCUT2D eigenvalue weighted by Gasteiger charge is 2.38. The Kier molecular flexibility index (Phi) is 4.10. The number of nitrogens with one attached hydrogen (secondary N) is 1. The normalized spacial score (nSPS) is 16.1. The number of rotatable bonds is 3. The summed E-state index contributed by atoms with van der Waals surface area (Å²) in [5.74, 6) is -1.87. The third-order valence-electron chi connectivity index (χ3n) is 4.47. The molecule has 0 unspecified atom stereocenters. The van der Waals surface area contributed by atoms with Crippen LogP contribution in [0.15, 0.2) is 36.9 Å². The number of halogens is 3. The van der Waals surface area contributed by atoms with Gasteiger partial charge in [-0.3, -0.25) is 4.31 Å². The van der Waals surface area contributed by atoms with Crippen molar-refractivity contribution in [2.75, 3.05) is 12.3 Å². The minimum Gasteiger partial charge on any atom is -0.360 e. The van der Waals surface area contributed by atoms with Crippen molar-refractivity contribution < 1.29 is 21.6 Å². The molecule has 4 rings (SSSR count). The summed E-state index contributed by atoms with van der Waals surface area (Å²) in [6.45, 7) is 0.0354. The zero-order valence-corrected chi connectivity index (χ0v) is 14.8. The van der Waals surface area contributed by atoms with Crippen molar-refractivity contribution in [2.45, 2.75) is 19.0 Å². The van der Waals surface area contributed by atoms with Crippen LogP contribution in [-0.2, 0) is 10.0 Å². The van der Waals surface area contributed by atoms with Gasteiger partial charge < -0.3 is 4.98 Å². The number of pyridine rings is 2. The first-order chi connectivity index (χ1) is 12.7. The van der Waals surface area contributed by atoms with E-state index in [1.807, 2.05) is 6.07 Å². The van der Waals surface area contributed by atoms with E-state index in [0.29, 0.717) is 24.1 Å². The predicted octanol–water partition coefficient (Wildman–Crippen LogP) is 3.44. The van der Waals surface area contributed by atoms with Gasteiger partial charge >= 0.3 is 6.18 Å². The third kappa shape index (κ3) is 3.36. The van der Waals surface area contributed by atoms with Gasteiger partial charge in [0.2, 0.25) is 10.0 Å². The van der Waals surface area contributed by atoms with Crippen LogP contribution in [0.5, 0.6) is 0 Å². The van der Waals surface area contributed by atoms with Crippen molar-refractivity contribution in [1.29, 1.82) is 0 Å². The van der Waals surface area contributed by atoms with Gasteiger partial charge in [0.15, 0.2) is 11.4 Å². The molecule has 0 fully saturated rings. The number of allylic oxidation sites excluding steroid dienone is 1. The quantitative estimate of drug-likeness (QED) is 0.736. The highest BCUT2D eigenvalue weighted by Crippen LogP contribution is 2.34. The Morgan fingerprint density at radius 3 is 2.81 bits per heavy atom. The Balaban J connectivity index is 1.84. The Morgan fingerprint density at radius 1 is 1.22 bits per heavy atom. The summed E-state index contributed by atoms with van der Waals surface area (Å²) < 4.78 is 63.0. The summed E-state index contributed by atoms with van der Waals surface area (Å²) in [5.41, 5.74) is 2.72. The Bertz CT molecular complexity index is 1150. The predicted molar refractivity (Wildman–Crippen MR) is 95.2 cm³/mol. The zero-order valence-electron chi connectivity index (χ0n) is 14.0. The Morgan fingerprint density at radius 2 is 2.04 bits per heavy atom. The van der Waals surface area contributed by atoms with Crippen LogP contribution in [0.25, 0.3) is 27.5 Å². The molecule has 3 aromatic heterocycles. The topological polar surface area (TPSA) is 79.0 Å². The third-order valence-corrected chi connectivity index (χ3v) is 6.16. The fourth-order valence-electron chi connectivity index (χ4n) is 3.37. The van der Waals surface area contributed by atoms with Gasteiger partial charge in [-0.05, 0) is 36.1 Å². The van der Waals surface area contributed by atoms with Gasteiger partial charge in [0.1, 0.15) is 0 Å². The fraction of sp³-hybridized carbons (Fsp3) is 0.294. The van der Waals surface area contributed by atoms with Crippen molar-refractivity contribution in [1.82, 2.24) is 19.3 Å². The van der Waals surface area contributed by atoms with Crippen LogP contribution >= 0.6 is 0 Å². The minimum absolute atomic E-state index is 0.0354.